The van der Waals surface area contributed by atoms with Crippen LogP contribution in [0.25, 0.3) is 10.8 Å². The van der Waals surface area contributed by atoms with Gasteiger partial charge in [0.2, 0.25) is 5.89 Å². The molecule has 0 spiro atoms. The number of methoxy groups -OCH3 is 1. The summed E-state index contributed by atoms with van der Waals surface area (Å²) in [4.78, 5) is 15.8. The van der Waals surface area contributed by atoms with Crippen LogP contribution in [0, 0.1) is 0 Å². The summed E-state index contributed by atoms with van der Waals surface area (Å²) in [6.45, 7) is 0.132. The summed E-state index contributed by atoms with van der Waals surface area (Å²) in [5.41, 5.74) is 0.148. The first-order chi connectivity index (χ1) is 12.2. The minimum Gasteiger partial charge on any atom is -0.497 e. The zero-order valence-corrected chi connectivity index (χ0v) is 13.7. The molecule has 0 saturated carbocycles. The third kappa shape index (κ3) is 4.07. The summed E-state index contributed by atoms with van der Waals surface area (Å²) in [6, 6.07) is 11.5. The fourth-order valence-electron chi connectivity index (χ4n) is 2.31. The lowest BCUT2D eigenvalue weighted by Crippen LogP contribution is -2.26. The number of aromatic nitrogens is 1. The van der Waals surface area contributed by atoms with Crippen LogP contribution in [-0.4, -0.2) is 36.3 Å². The molecule has 0 saturated heterocycles. The SMILES string of the molecule is COc1ccc2ccc(OCc3nc(C(=O)NCCO)co3)cc2c1. The Labute approximate surface area is 144 Å². The van der Waals surface area contributed by atoms with Crippen molar-refractivity contribution in [3.8, 4) is 11.5 Å². The molecule has 0 bridgehead atoms. The predicted molar refractivity (Wildman–Crippen MR) is 90.8 cm³/mol. The Hall–Kier alpha value is -3.06. The molecule has 0 aliphatic heterocycles. The molecule has 130 valence electrons. The number of amides is 1. The smallest absolute Gasteiger partial charge is 0.273 e. The largest absolute Gasteiger partial charge is 0.497 e. The molecule has 0 aliphatic rings. The van der Waals surface area contributed by atoms with Gasteiger partial charge in [-0.1, -0.05) is 12.1 Å². The maximum absolute atomic E-state index is 11.7. The van der Waals surface area contributed by atoms with Gasteiger partial charge >= 0.3 is 0 Å². The van der Waals surface area contributed by atoms with E-state index in [1.165, 1.54) is 6.26 Å². The van der Waals surface area contributed by atoms with Crippen LogP contribution in [0.2, 0.25) is 0 Å². The molecule has 3 aromatic rings. The minimum absolute atomic E-state index is 0.1000. The highest BCUT2D eigenvalue weighted by atomic mass is 16.5. The maximum atomic E-state index is 11.7. The van der Waals surface area contributed by atoms with Crippen molar-refractivity contribution in [2.24, 2.45) is 0 Å². The summed E-state index contributed by atoms with van der Waals surface area (Å²) >= 11 is 0. The second-order valence-corrected chi connectivity index (χ2v) is 5.27. The zero-order chi connectivity index (χ0) is 17.6. The number of ether oxygens (including phenoxy) is 2. The average Bonchev–Trinajstić information content (AvgIpc) is 3.12. The number of fused-ring (bicyclic) bond motifs is 1. The van der Waals surface area contributed by atoms with Crippen molar-refractivity contribution in [2.45, 2.75) is 6.61 Å². The van der Waals surface area contributed by atoms with Crippen molar-refractivity contribution in [1.29, 1.82) is 0 Å². The third-order valence-electron chi connectivity index (χ3n) is 3.56. The predicted octanol–water partition coefficient (Wildman–Crippen LogP) is 2.14. The van der Waals surface area contributed by atoms with Crippen molar-refractivity contribution >= 4 is 16.7 Å². The number of aliphatic hydroxyl groups excluding tert-OH is 1. The van der Waals surface area contributed by atoms with Gasteiger partial charge in [0.05, 0.1) is 13.7 Å². The Morgan fingerprint density at radius 1 is 1.20 bits per heavy atom. The van der Waals surface area contributed by atoms with Crippen LogP contribution in [-0.2, 0) is 6.61 Å². The third-order valence-corrected chi connectivity index (χ3v) is 3.56. The van der Waals surface area contributed by atoms with Crippen molar-refractivity contribution in [3.05, 3.63) is 54.2 Å². The first-order valence-corrected chi connectivity index (χ1v) is 7.73. The summed E-state index contributed by atoms with van der Waals surface area (Å²) in [7, 11) is 1.62. The average molecular weight is 342 g/mol. The van der Waals surface area contributed by atoms with Gasteiger partial charge in [-0.3, -0.25) is 4.79 Å². The number of hydrogen-bond acceptors (Lipinski definition) is 6. The quantitative estimate of drug-likeness (QED) is 0.683. The minimum atomic E-state index is -0.401. The molecule has 2 N–H and O–H groups in total. The highest BCUT2D eigenvalue weighted by Gasteiger charge is 2.12. The number of rotatable bonds is 7. The Kier molecular flexibility index (Phi) is 5.15. The molecule has 0 unspecified atom stereocenters. The van der Waals surface area contributed by atoms with Crippen molar-refractivity contribution in [2.75, 3.05) is 20.3 Å². The van der Waals surface area contributed by atoms with Gasteiger partial charge in [0, 0.05) is 6.54 Å². The van der Waals surface area contributed by atoms with Crippen molar-refractivity contribution in [1.82, 2.24) is 10.3 Å². The van der Waals surface area contributed by atoms with E-state index in [1.54, 1.807) is 7.11 Å². The second kappa shape index (κ2) is 7.67. The van der Waals surface area contributed by atoms with Crippen molar-refractivity contribution < 1.29 is 23.8 Å². The number of hydrogen-bond donors (Lipinski definition) is 2. The summed E-state index contributed by atoms with van der Waals surface area (Å²) in [6.07, 6.45) is 1.26. The number of carbonyl (C=O) groups is 1. The van der Waals surface area contributed by atoms with Crippen LogP contribution in [0.5, 0.6) is 11.5 Å². The van der Waals surface area contributed by atoms with Crippen LogP contribution in [0.15, 0.2) is 47.1 Å². The number of carbonyl (C=O) groups excluding carboxylic acids is 1. The molecule has 7 heteroatoms. The fraction of sp³-hybridized carbons (Fsp3) is 0.222. The van der Waals surface area contributed by atoms with Gasteiger partial charge in [-0.05, 0) is 35.0 Å². The van der Waals surface area contributed by atoms with Crippen LogP contribution in [0.3, 0.4) is 0 Å². The van der Waals surface area contributed by atoms with Gasteiger partial charge in [-0.25, -0.2) is 4.98 Å². The molecule has 0 atom stereocenters. The van der Waals surface area contributed by atoms with Gasteiger partial charge in [0.1, 0.15) is 17.8 Å². The summed E-state index contributed by atoms with van der Waals surface area (Å²) < 4.78 is 16.1. The number of benzene rings is 2. The lowest BCUT2D eigenvalue weighted by atomic mass is 10.1. The van der Waals surface area contributed by atoms with E-state index in [4.69, 9.17) is 19.0 Å². The molecular formula is C18H18N2O5. The van der Waals surface area contributed by atoms with Gasteiger partial charge < -0.3 is 24.3 Å². The molecule has 7 nitrogen and oxygen atoms in total. The first-order valence-electron chi connectivity index (χ1n) is 7.73. The summed E-state index contributed by atoms with van der Waals surface area (Å²) in [5, 5.41) is 13.3. The summed E-state index contributed by atoms with van der Waals surface area (Å²) in [5.74, 6) is 1.32. The molecule has 1 aromatic heterocycles. The molecule has 25 heavy (non-hydrogen) atoms. The second-order valence-electron chi connectivity index (χ2n) is 5.27. The van der Waals surface area contributed by atoms with Gasteiger partial charge in [0.15, 0.2) is 12.3 Å². The molecular weight excluding hydrogens is 324 g/mol. The molecule has 1 heterocycles. The Morgan fingerprint density at radius 2 is 1.96 bits per heavy atom. The standard InChI is InChI=1S/C18H18N2O5/c1-23-14-4-2-12-3-5-15(9-13(12)8-14)24-11-17-20-16(10-25-17)18(22)19-6-7-21/h2-5,8-10,21H,6-7,11H2,1H3,(H,19,22). The Balaban J connectivity index is 1.66. The maximum Gasteiger partial charge on any atom is 0.273 e. The van der Waals surface area contributed by atoms with Gasteiger partial charge in [-0.15, -0.1) is 0 Å². The van der Waals surface area contributed by atoms with E-state index >= 15 is 0 Å². The Morgan fingerprint density at radius 3 is 2.72 bits per heavy atom. The highest BCUT2D eigenvalue weighted by molar-refractivity contribution is 5.91. The van der Waals surface area contributed by atoms with E-state index in [0.29, 0.717) is 11.6 Å². The molecule has 0 aliphatic carbocycles. The number of nitrogens with zero attached hydrogens (tertiary/aromatic N) is 1. The van der Waals surface area contributed by atoms with E-state index in [2.05, 4.69) is 10.3 Å². The molecule has 2 aromatic carbocycles. The van der Waals surface area contributed by atoms with Crippen LogP contribution in [0.4, 0.5) is 0 Å². The van der Waals surface area contributed by atoms with E-state index in [0.717, 1.165) is 16.5 Å². The molecule has 3 rings (SSSR count). The van der Waals surface area contributed by atoms with Crippen LogP contribution >= 0.6 is 0 Å². The number of aliphatic hydroxyl groups is 1. The van der Waals surface area contributed by atoms with Crippen LogP contribution in [0.1, 0.15) is 16.4 Å². The highest BCUT2D eigenvalue weighted by Crippen LogP contribution is 2.25. The lowest BCUT2D eigenvalue weighted by molar-refractivity contribution is 0.0939. The zero-order valence-electron chi connectivity index (χ0n) is 13.7. The van der Waals surface area contributed by atoms with E-state index in [1.807, 2.05) is 36.4 Å². The van der Waals surface area contributed by atoms with Gasteiger partial charge in [0.25, 0.3) is 5.91 Å². The van der Waals surface area contributed by atoms with Crippen LogP contribution < -0.4 is 14.8 Å². The number of nitrogens with one attached hydrogen (secondary N) is 1. The monoisotopic (exact) mass is 342 g/mol. The molecule has 1 amide bonds. The molecule has 0 radical (unpaired) electrons. The van der Waals surface area contributed by atoms with E-state index in [9.17, 15) is 4.79 Å². The fourth-order valence-corrected chi connectivity index (χ4v) is 2.31. The topological polar surface area (TPSA) is 93.8 Å². The first kappa shape index (κ1) is 16.8. The van der Waals surface area contributed by atoms with Crippen molar-refractivity contribution in [3.63, 3.8) is 0 Å². The van der Waals surface area contributed by atoms with E-state index in [-0.39, 0.29) is 25.5 Å². The molecule has 0 fully saturated rings. The number of oxazole rings is 1. The normalized spacial score (nSPS) is 10.6. The van der Waals surface area contributed by atoms with E-state index < -0.39 is 5.91 Å². The lowest BCUT2D eigenvalue weighted by Gasteiger charge is -2.06. The Bertz CT molecular complexity index is 875. The van der Waals surface area contributed by atoms with Gasteiger partial charge in [-0.2, -0.15) is 0 Å².